The topological polar surface area (TPSA) is 54.8 Å². The number of rotatable bonds is 2. The third-order valence-corrected chi connectivity index (χ3v) is 8.73. The Hall–Kier alpha value is -2.90. The van der Waals surface area contributed by atoms with Gasteiger partial charge in [-0.05, 0) is 42.0 Å². The summed E-state index contributed by atoms with van der Waals surface area (Å²) >= 11 is 1.46. The zero-order chi connectivity index (χ0) is 25.1. The molecule has 186 valence electrons. The van der Waals surface area contributed by atoms with E-state index >= 15 is 4.39 Å². The zero-order valence-electron chi connectivity index (χ0n) is 19.5. The van der Waals surface area contributed by atoms with Crippen LogP contribution in [0.1, 0.15) is 53.0 Å². The molecule has 1 unspecified atom stereocenters. The first-order valence-electron chi connectivity index (χ1n) is 11.8. The van der Waals surface area contributed by atoms with Crippen molar-refractivity contribution in [2.45, 2.75) is 42.6 Å². The van der Waals surface area contributed by atoms with Gasteiger partial charge >= 0.3 is 0 Å². The van der Waals surface area contributed by atoms with Crippen LogP contribution in [0.25, 0.3) is 0 Å². The van der Waals surface area contributed by atoms with Gasteiger partial charge in [0.05, 0.1) is 15.5 Å². The molecule has 3 aliphatic heterocycles. The monoisotopic (exact) mass is 527 g/mol. The lowest BCUT2D eigenvalue weighted by atomic mass is 9.90. The van der Waals surface area contributed by atoms with E-state index in [9.17, 15) is 14.0 Å². The molecule has 0 bridgehead atoms. The number of fused-ring (bicyclic) bond motifs is 4. The van der Waals surface area contributed by atoms with Crippen LogP contribution in [0.15, 0.2) is 58.4 Å². The Morgan fingerprint density at radius 2 is 1.89 bits per heavy atom. The summed E-state index contributed by atoms with van der Waals surface area (Å²) in [6, 6.07) is 11.5. The van der Waals surface area contributed by atoms with Crippen molar-refractivity contribution in [3.8, 4) is 5.75 Å². The average molecular weight is 528 g/mol. The number of hydrogen-bond acceptors (Lipinski definition) is 5. The summed E-state index contributed by atoms with van der Waals surface area (Å²) in [6.45, 7) is 2.67. The highest BCUT2D eigenvalue weighted by Crippen LogP contribution is 2.46. The Balaban J connectivity index is 1.68. The van der Waals surface area contributed by atoms with Gasteiger partial charge in [-0.2, -0.15) is 0 Å². The molecule has 0 spiro atoms. The van der Waals surface area contributed by atoms with Gasteiger partial charge in [-0.25, -0.2) is 8.78 Å². The molecular weight excluding hydrogens is 503 g/mol. The van der Waals surface area contributed by atoms with Crippen LogP contribution in [-0.4, -0.2) is 28.2 Å². The normalized spacial score (nSPS) is 22.8. The summed E-state index contributed by atoms with van der Waals surface area (Å²) in [5, 5.41) is 2.04. The summed E-state index contributed by atoms with van der Waals surface area (Å²) in [4.78, 5) is 29.1. The fraction of sp³-hybridized carbons (Fsp3) is 0.308. The second-order valence-electron chi connectivity index (χ2n) is 9.47. The lowest BCUT2D eigenvalue weighted by Crippen LogP contribution is -2.64. The Bertz CT molecular complexity index is 1450. The number of benzene rings is 2. The van der Waals surface area contributed by atoms with Crippen molar-refractivity contribution in [3.63, 3.8) is 0 Å². The van der Waals surface area contributed by atoms with Crippen LogP contribution in [0.4, 0.5) is 8.78 Å². The minimum absolute atomic E-state index is 0.0589. The maximum Gasteiger partial charge on any atom is 0.278 e. The molecule has 0 radical (unpaired) electrons. The molecule has 0 aliphatic carbocycles. The van der Waals surface area contributed by atoms with Gasteiger partial charge in [0.1, 0.15) is 6.17 Å². The van der Waals surface area contributed by atoms with E-state index in [2.05, 4.69) is 16.4 Å². The molecule has 4 atom stereocenters. The van der Waals surface area contributed by atoms with E-state index in [0.29, 0.717) is 30.0 Å². The summed E-state index contributed by atoms with van der Waals surface area (Å²) < 4.78 is 36.6. The molecule has 36 heavy (non-hydrogen) atoms. The Kier molecular flexibility index (Phi) is 5.80. The number of piperidine rings is 1. The van der Waals surface area contributed by atoms with E-state index in [1.54, 1.807) is 21.8 Å². The highest BCUT2D eigenvalue weighted by molar-refractivity contribution is 7.98. The van der Waals surface area contributed by atoms with Crippen molar-refractivity contribution in [2.24, 2.45) is 5.92 Å². The second-order valence-corrected chi connectivity index (χ2v) is 10.7. The van der Waals surface area contributed by atoms with Crippen LogP contribution in [-0.2, 0) is 5.75 Å². The fourth-order valence-corrected chi connectivity index (χ4v) is 6.98. The SMILES string of the molecule is C[C@@H]1CCN2C(=O)c3c(OP)c(=O)ccn3N([C@@H]3c4ccccc4SCc4c3ccc(F)c4F)[C@@H]2C1. The maximum atomic E-state index is 15.2. The Labute approximate surface area is 213 Å². The van der Waals surface area contributed by atoms with E-state index in [0.717, 1.165) is 16.9 Å². The third kappa shape index (κ3) is 3.47. The predicted octanol–water partition coefficient (Wildman–Crippen LogP) is 4.84. The summed E-state index contributed by atoms with van der Waals surface area (Å²) in [5.74, 6) is -1.45. The number of aromatic nitrogens is 1. The largest absolute Gasteiger partial charge is 0.474 e. The molecule has 10 heteroatoms. The molecule has 6 rings (SSSR count). The van der Waals surface area contributed by atoms with Crippen LogP contribution in [0.3, 0.4) is 0 Å². The molecular formula is C26H24F2N3O3PS. The highest BCUT2D eigenvalue weighted by Gasteiger charge is 2.46. The van der Waals surface area contributed by atoms with Crippen LogP contribution in [0.5, 0.6) is 5.75 Å². The van der Waals surface area contributed by atoms with Crippen LogP contribution < -0.4 is 15.0 Å². The number of thioether (sulfide) groups is 1. The molecule has 0 saturated carbocycles. The number of pyridine rings is 1. The molecule has 1 saturated heterocycles. The Morgan fingerprint density at radius 3 is 2.69 bits per heavy atom. The van der Waals surface area contributed by atoms with Gasteiger partial charge in [-0.3, -0.25) is 19.3 Å². The van der Waals surface area contributed by atoms with Gasteiger partial charge in [0.15, 0.2) is 17.3 Å². The first-order chi connectivity index (χ1) is 17.4. The molecule has 0 N–H and O–H groups in total. The predicted molar refractivity (Wildman–Crippen MR) is 137 cm³/mol. The number of amides is 1. The Morgan fingerprint density at radius 1 is 1.08 bits per heavy atom. The quantitative estimate of drug-likeness (QED) is 0.447. The van der Waals surface area contributed by atoms with Crippen molar-refractivity contribution >= 4 is 27.1 Å². The summed E-state index contributed by atoms with van der Waals surface area (Å²) in [6.07, 6.45) is 2.76. The molecule has 1 amide bonds. The lowest BCUT2D eigenvalue weighted by Gasteiger charge is -2.53. The number of carbonyl (C=O) groups excluding carboxylic acids is 1. The smallest absolute Gasteiger partial charge is 0.278 e. The third-order valence-electron chi connectivity index (χ3n) is 7.38. The minimum Gasteiger partial charge on any atom is -0.474 e. The zero-order valence-corrected chi connectivity index (χ0v) is 21.5. The van der Waals surface area contributed by atoms with Crippen LogP contribution in [0.2, 0.25) is 0 Å². The molecule has 1 fully saturated rings. The first-order valence-corrected chi connectivity index (χ1v) is 13.3. The minimum atomic E-state index is -0.886. The lowest BCUT2D eigenvalue weighted by molar-refractivity contribution is 0.0396. The average Bonchev–Trinajstić information content (AvgIpc) is 3.04. The molecule has 3 aliphatic rings. The van der Waals surface area contributed by atoms with Crippen molar-refractivity contribution < 1.29 is 18.1 Å². The van der Waals surface area contributed by atoms with Gasteiger partial charge in [-0.1, -0.05) is 31.2 Å². The second kappa shape index (κ2) is 8.89. The summed E-state index contributed by atoms with van der Waals surface area (Å²) in [5.41, 5.74) is 1.59. The fourth-order valence-electron chi connectivity index (χ4n) is 5.64. The van der Waals surface area contributed by atoms with E-state index in [4.69, 9.17) is 4.52 Å². The van der Waals surface area contributed by atoms with E-state index in [1.807, 2.05) is 29.3 Å². The van der Waals surface area contributed by atoms with E-state index < -0.39 is 23.1 Å². The number of halogens is 2. The molecule has 6 nitrogen and oxygen atoms in total. The van der Waals surface area contributed by atoms with Gasteiger partial charge in [0.2, 0.25) is 11.2 Å². The maximum absolute atomic E-state index is 15.2. The van der Waals surface area contributed by atoms with Crippen molar-refractivity contribution in [1.29, 1.82) is 0 Å². The van der Waals surface area contributed by atoms with E-state index in [-0.39, 0.29) is 29.3 Å². The van der Waals surface area contributed by atoms with Crippen LogP contribution in [0, 0.1) is 17.6 Å². The summed E-state index contributed by atoms with van der Waals surface area (Å²) in [7, 11) is 2.06. The molecule has 4 heterocycles. The van der Waals surface area contributed by atoms with Crippen molar-refractivity contribution in [1.82, 2.24) is 9.58 Å². The number of nitrogens with zero attached hydrogens (tertiary/aromatic N) is 3. The van der Waals surface area contributed by atoms with Crippen molar-refractivity contribution in [3.05, 3.63) is 92.9 Å². The van der Waals surface area contributed by atoms with Crippen molar-refractivity contribution in [2.75, 3.05) is 11.6 Å². The van der Waals surface area contributed by atoms with E-state index in [1.165, 1.54) is 23.9 Å². The number of carbonyl (C=O) groups is 1. The first kappa shape index (κ1) is 23.5. The van der Waals surface area contributed by atoms with Gasteiger partial charge in [0.25, 0.3) is 5.91 Å². The van der Waals surface area contributed by atoms with Gasteiger partial charge in [0, 0.05) is 35.0 Å². The molecule has 1 aromatic heterocycles. The standard InChI is InChI=1S/C26H24F2N3O3PS/c1-14-8-10-29-21(12-14)31(30-11-9-19(32)25(34-35)24(30)26(29)33)23-15-6-7-18(27)22(28)17(15)13-36-20-5-3-2-4-16(20)23/h2-7,9,11,14,21,23H,8,10,12-13,35H2,1H3/t14-,21-,23+/m1/s1. The number of hydrogen-bond donors (Lipinski definition) is 0. The molecule has 2 aromatic carbocycles. The van der Waals surface area contributed by atoms with Crippen LogP contribution >= 0.6 is 21.2 Å². The van der Waals surface area contributed by atoms with Gasteiger partial charge in [-0.15, -0.1) is 11.8 Å². The van der Waals surface area contributed by atoms with Gasteiger partial charge < -0.3 is 9.42 Å². The highest BCUT2D eigenvalue weighted by atomic mass is 32.2. The molecule has 3 aromatic rings.